The van der Waals surface area contributed by atoms with Crippen molar-refractivity contribution in [1.29, 1.82) is 0 Å². The molecule has 1 aliphatic rings. The first-order valence-electron chi connectivity index (χ1n) is 6.81. The number of carboxylic acid groups (broad SMARTS) is 1. The van der Waals surface area contributed by atoms with Crippen molar-refractivity contribution in [3.05, 3.63) is 28.2 Å². The Morgan fingerprint density at radius 1 is 1.18 bits per heavy atom. The van der Waals surface area contributed by atoms with Gasteiger partial charge in [0.05, 0.1) is 16.1 Å². The van der Waals surface area contributed by atoms with E-state index in [4.69, 9.17) is 5.11 Å². The summed E-state index contributed by atoms with van der Waals surface area (Å²) in [6.07, 6.45) is 2.11. The van der Waals surface area contributed by atoms with E-state index >= 15 is 0 Å². The Hall–Kier alpha value is -1.70. The van der Waals surface area contributed by atoms with Crippen LogP contribution in [0.25, 0.3) is 0 Å². The predicted molar refractivity (Wildman–Crippen MR) is 79.6 cm³/mol. The number of rotatable bonds is 3. The molecule has 0 aromatic heterocycles. The zero-order valence-electron chi connectivity index (χ0n) is 11.5. The molecule has 2 rings (SSSR count). The summed E-state index contributed by atoms with van der Waals surface area (Å²) in [5, 5.41) is 14.0. The van der Waals surface area contributed by atoms with Crippen LogP contribution in [0.4, 0.5) is 19.3 Å². The molecule has 0 unspecified atom stereocenters. The number of hydrogen-bond acceptors (Lipinski definition) is 2. The summed E-state index contributed by atoms with van der Waals surface area (Å²) in [7, 11) is 0. The largest absolute Gasteiger partial charge is 0.481 e. The SMILES string of the molecule is O=C(Nc1cc(F)cc(F)c1Br)NC1CCC(C(=O)O)CC1. The van der Waals surface area contributed by atoms with Gasteiger partial charge in [0.15, 0.2) is 0 Å². The number of halogens is 3. The lowest BCUT2D eigenvalue weighted by Crippen LogP contribution is -2.41. The first-order valence-corrected chi connectivity index (χ1v) is 7.61. The number of anilines is 1. The van der Waals surface area contributed by atoms with E-state index in [2.05, 4.69) is 26.6 Å². The smallest absolute Gasteiger partial charge is 0.319 e. The van der Waals surface area contributed by atoms with Crippen LogP contribution in [0, 0.1) is 17.6 Å². The monoisotopic (exact) mass is 376 g/mol. The molecule has 120 valence electrons. The van der Waals surface area contributed by atoms with Crippen molar-refractivity contribution in [1.82, 2.24) is 5.32 Å². The number of hydrogen-bond donors (Lipinski definition) is 3. The highest BCUT2D eigenvalue weighted by Gasteiger charge is 2.26. The lowest BCUT2D eigenvalue weighted by molar-refractivity contribution is -0.142. The Kier molecular flexibility index (Phi) is 5.33. The molecule has 22 heavy (non-hydrogen) atoms. The summed E-state index contributed by atoms with van der Waals surface area (Å²) in [6, 6.07) is 0.992. The second-order valence-electron chi connectivity index (χ2n) is 5.23. The van der Waals surface area contributed by atoms with Crippen molar-refractivity contribution in [2.45, 2.75) is 31.7 Å². The van der Waals surface area contributed by atoms with Gasteiger partial charge in [0.2, 0.25) is 0 Å². The van der Waals surface area contributed by atoms with Crippen LogP contribution in [0.1, 0.15) is 25.7 Å². The van der Waals surface area contributed by atoms with E-state index in [0.29, 0.717) is 31.7 Å². The first-order chi connectivity index (χ1) is 10.4. The van der Waals surface area contributed by atoms with Crippen molar-refractivity contribution in [3.8, 4) is 0 Å². The van der Waals surface area contributed by atoms with Crippen LogP contribution < -0.4 is 10.6 Å². The maximum Gasteiger partial charge on any atom is 0.319 e. The molecule has 1 aromatic rings. The average Bonchev–Trinajstić information content (AvgIpc) is 2.44. The summed E-state index contributed by atoms with van der Waals surface area (Å²) in [4.78, 5) is 22.7. The molecule has 8 heteroatoms. The Bertz CT molecular complexity index is 590. The van der Waals surface area contributed by atoms with Crippen LogP contribution in [0.2, 0.25) is 0 Å². The van der Waals surface area contributed by atoms with Crippen LogP contribution >= 0.6 is 15.9 Å². The topological polar surface area (TPSA) is 78.4 Å². The number of carboxylic acids is 1. The van der Waals surface area contributed by atoms with Crippen LogP contribution in [0.15, 0.2) is 16.6 Å². The van der Waals surface area contributed by atoms with Gasteiger partial charge < -0.3 is 15.7 Å². The van der Waals surface area contributed by atoms with Crippen LogP contribution in [0.3, 0.4) is 0 Å². The molecular weight excluding hydrogens is 362 g/mol. The molecule has 0 aliphatic heterocycles. The highest BCUT2D eigenvalue weighted by molar-refractivity contribution is 9.10. The van der Waals surface area contributed by atoms with Crippen molar-refractivity contribution >= 4 is 33.6 Å². The zero-order valence-corrected chi connectivity index (χ0v) is 13.1. The van der Waals surface area contributed by atoms with E-state index < -0.39 is 23.6 Å². The molecule has 1 aromatic carbocycles. The van der Waals surface area contributed by atoms with Crippen molar-refractivity contribution in [2.75, 3.05) is 5.32 Å². The van der Waals surface area contributed by atoms with Gasteiger partial charge in [-0.2, -0.15) is 0 Å². The average molecular weight is 377 g/mol. The second kappa shape index (κ2) is 7.04. The molecule has 5 nitrogen and oxygen atoms in total. The fraction of sp³-hybridized carbons (Fsp3) is 0.429. The van der Waals surface area contributed by atoms with Crippen LogP contribution in [-0.2, 0) is 4.79 Å². The Morgan fingerprint density at radius 2 is 1.82 bits per heavy atom. The van der Waals surface area contributed by atoms with Crippen molar-refractivity contribution in [3.63, 3.8) is 0 Å². The summed E-state index contributed by atoms with van der Waals surface area (Å²) in [6.45, 7) is 0. The molecule has 3 N–H and O–H groups in total. The minimum atomic E-state index is -0.818. The number of nitrogens with one attached hydrogen (secondary N) is 2. The number of urea groups is 1. The van der Waals surface area contributed by atoms with Gasteiger partial charge in [-0.3, -0.25) is 4.79 Å². The molecule has 0 spiro atoms. The number of carbonyl (C=O) groups excluding carboxylic acids is 1. The Labute approximate surface area is 134 Å². The molecular formula is C14H15BrF2N2O3. The molecule has 1 aliphatic carbocycles. The quantitative estimate of drug-likeness (QED) is 0.706. The first kappa shape index (κ1) is 16.7. The molecule has 1 fully saturated rings. The van der Waals surface area contributed by atoms with Gasteiger partial charge in [0.1, 0.15) is 11.6 Å². The minimum Gasteiger partial charge on any atom is -0.481 e. The maximum absolute atomic E-state index is 13.4. The summed E-state index contributed by atoms with van der Waals surface area (Å²) < 4.78 is 26.5. The lowest BCUT2D eigenvalue weighted by atomic mass is 9.86. The van der Waals surface area contributed by atoms with E-state index in [1.807, 2.05) is 0 Å². The zero-order chi connectivity index (χ0) is 16.3. The van der Waals surface area contributed by atoms with Crippen molar-refractivity contribution in [2.24, 2.45) is 5.92 Å². The van der Waals surface area contributed by atoms with Gasteiger partial charge in [-0.25, -0.2) is 13.6 Å². The van der Waals surface area contributed by atoms with Gasteiger partial charge in [-0.15, -0.1) is 0 Å². The fourth-order valence-corrected chi connectivity index (χ4v) is 2.80. The summed E-state index contributed by atoms with van der Waals surface area (Å²) in [5.41, 5.74) is -0.00535. The van der Waals surface area contributed by atoms with Gasteiger partial charge in [-0.1, -0.05) is 0 Å². The highest BCUT2D eigenvalue weighted by atomic mass is 79.9. The molecule has 0 saturated heterocycles. The number of amides is 2. The van der Waals surface area contributed by atoms with Crippen molar-refractivity contribution < 1.29 is 23.5 Å². The fourth-order valence-electron chi connectivity index (χ4n) is 2.48. The van der Waals surface area contributed by atoms with E-state index in [0.717, 1.165) is 6.07 Å². The summed E-state index contributed by atoms with van der Waals surface area (Å²) >= 11 is 2.94. The Morgan fingerprint density at radius 3 is 2.41 bits per heavy atom. The Balaban J connectivity index is 1.90. The third-order valence-electron chi connectivity index (χ3n) is 3.65. The molecule has 1 saturated carbocycles. The number of benzene rings is 1. The second-order valence-corrected chi connectivity index (χ2v) is 6.03. The van der Waals surface area contributed by atoms with Gasteiger partial charge in [-0.05, 0) is 47.7 Å². The summed E-state index contributed by atoms with van der Waals surface area (Å²) in [5.74, 6) is -2.79. The van der Waals surface area contributed by atoms with E-state index in [1.165, 1.54) is 0 Å². The number of aliphatic carboxylic acids is 1. The molecule has 0 radical (unpaired) electrons. The normalized spacial score (nSPS) is 21.2. The molecule has 0 atom stereocenters. The van der Waals surface area contributed by atoms with E-state index in [9.17, 15) is 18.4 Å². The molecule has 2 amide bonds. The molecule has 0 heterocycles. The third-order valence-corrected chi connectivity index (χ3v) is 4.46. The highest BCUT2D eigenvalue weighted by Crippen LogP contribution is 2.27. The van der Waals surface area contributed by atoms with Gasteiger partial charge >= 0.3 is 12.0 Å². The van der Waals surface area contributed by atoms with Gasteiger partial charge in [0.25, 0.3) is 0 Å². The molecule has 0 bridgehead atoms. The maximum atomic E-state index is 13.4. The predicted octanol–water partition coefficient (Wildman–Crippen LogP) is 3.49. The standard InChI is InChI=1S/C14H15BrF2N2O3/c15-12-10(17)5-8(16)6-11(12)19-14(22)18-9-3-1-7(2-4-9)13(20)21/h5-7,9H,1-4H2,(H,20,21)(H2,18,19,22). The van der Waals surface area contributed by atoms with Crippen LogP contribution in [0.5, 0.6) is 0 Å². The minimum absolute atomic E-state index is 0.00535. The van der Waals surface area contributed by atoms with E-state index in [1.54, 1.807) is 0 Å². The van der Waals surface area contributed by atoms with Gasteiger partial charge in [0, 0.05) is 12.1 Å². The lowest BCUT2D eigenvalue weighted by Gasteiger charge is -2.26. The number of carbonyl (C=O) groups is 2. The van der Waals surface area contributed by atoms with Crippen LogP contribution in [-0.4, -0.2) is 23.1 Å². The third kappa shape index (κ3) is 4.16. The van der Waals surface area contributed by atoms with E-state index in [-0.39, 0.29) is 22.1 Å².